The predicted octanol–water partition coefficient (Wildman–Crippen LogP) is -1.40. The number of carboxylic acids is 1. The summed E-state index contributed by atoms with van der Waals surface area (Å²) in [7, 11) is 0. The first-order valence-electron chi connectivity index (χ1n) is 7.55. The molecule has 0 spiro atoms. The third-order valence-corrected chi connectivity index (χ3v) is 3.99. The van der Waals surface area contributed by atoms with Crippen LogP contribution in [0.1, 0.15) is 50.3 Å². The third-order valence-electron chi connectivity index (χ3n) is 3.99. The summed E-state index contributed by atoms with van der Waals surface area (Å²) in [5.74, 6) is -1.57. The molecule has 0 radical (unpaired) electrons. The van der Waals surface area contributed by atoms with Crippen LogP contribution in [0.25, 0.3) is 0 Å². The molecule has 0 saturated carbocycles. The number of aliphatic carboxylic acids is 1. The van der Waals surface area contributed by atoms with Crippen molar-refractivity contribution < 1.29 is 44.3 Å². The number of fused-ring (bicyclic) bond motifs is 1. The maximum absolute atomic E-state index is 12.4. The van der Waals surface area contributed by atoms with Crippen LogP contribution in [0.2, 0.25) is 0 Å². The maximum atomic E-state index is 12.4. The van der Waals surface area contributed by atoms with Gasteiger partial charge in [-0.05, 0) is 42.7 Å². The first-order chi connectivity index (χ1) is 9.97. The van der Waals surface area contributed by atoms with Crippen molar-refractivity contribution in [2.75, 3.05) is 0 Å². The van der Waals surface area contributed by atoms with E-state index in [0.717, 1.165) is 18.4 Å². The molecule has 0 saturated heterocycles. The molecular formula is C17H22NNaO3. The number of aryl methyl sites for hydroxylation is 1. The molecule has 0 fully saturated rings. The van der Waals surface area contributed by atoms with Gasteiger partial charge in [-0.1, -0.05) is 38.1 Å². The maximum Gasteiger partial charge on any atom is 1.00 e. The van der Waals surface area contributed by atoms with E-state index in [1.54, 1.807) is 0 Å². The fourth-order valence-electron chi connectivity index (χ4n) is 3.05. The average molecular weight is 311 g/mol. The molecule has 0 heterocycles. The van der Waals surface area contributed by atoms with Gasteiger partial charge in [-0.2, -0.15) is 0 Å². The normalized spacial score (nSPS) is 17.5. The van der Waals surface area contributed by atoms with Crippen molar-refractivity contribution in [1.29, 1.82) is 0 Å². The molecule has 22 heavy (non-hydrogen) atoms. The van der Waals surface area contributed by atoms with Crippen molar-refractivity contribution in [2.24, 2.45) is 11.8 Å². The van der Waals surface area contributed by atoms with Gasteiger partial charge in [-0.3, -0.25) is 4.79 Å². The van der Waals surface area contributed by atoms with E-state index in [2.05, 4.69) is 11.4 Å². The van der Waals surface area contributed by atoms with Gasteiger partial charge in [0, 0.05) is 11.9 Å². The Hall–Kier alpha value is -0.840. The van der Waals surface area contributed by atoms with Crippen molar-refractivity contribution in [3.8, 4) is 0 Å². The van der Waals surface area contributed by atoms with Crippen molar-refractivity contribution in [1.82, 2.24) is 5.32 Å². The second-order valence-corrected chi connectivity index (χ2v) is 6.20. The van der Waals surface area contributed by atoms with E-state index in [9.17, 15) is 14.7 Å². The van der Waals surface area contributed by atoms with Crippen LogP contribution >= 0.6 is 0 Å². The number of carbonyl (C=O) groups is 2. The van der Waals surface area contributed by atoms with Gasteiger partial charge in [0.25, 0.3) is 0 Å². The molecule has 1 aliphatic rings. The fraction of sp³-hybridized carbons (Fsp3) is 0.529. The molecule has 114 valence electrons. The van der Waals surface area contributed by atoms with Crippen molar-refractivity contribution in [3.05, 3.63) is 35.4 Å². The van der Waals surface area contributed by atoms with E-state index in [1.165, 1.54) is 5.56 Å². The van der Waals surface area contributed by atoms with Gasteiger partial charge in [0.15, 0.2) is 0 Å². The Morgan fingerprint density at radius 1 is 1.32 bits per heavy atom. The van der Waals surface area contributed by atoms with Crippen molar-refractivity contribution >= 4 is 11.9 Å². The van der Waals surface area contributed by atoms with Gasteiger partial charge >= 0.3 is 29.6 Å². The SMILES string of the molecule is CC(C)CC(CC(=O)[O-])C(=O)NC1CCc2ccccc21.[Na+]. The summed E-state index contributed by atoms with van der Waals surface area (Å²) in [5.41, 5.74) is 2.42. The molecular weight excluding hydrogens is 289 g/mol. The number of amides is 1. The van der Waals surface area contributed by atoms with Crippen LogP contribution in [0.4, 0.5) is 0 Å². The van der Waals surface area contributed by atoms with Gasteiger partial charge in [0.1, 0.15) is 0 Å². The van der Waals surface area contributed by atoms with Crippen molar-refractivity contribution in [2.45, 2.75) is 45.6 Å². The number of rotatable bonds is 6. The zero-order chi connectivity index (χ0) is 15.4. The van der Waals surface area contributed by atoms with E-state index in [0.29, 0.717) is 6.42 Å². The number of hydrogen-bond acceptors (Lipinski definition) is 3. The van der Waals surface area contributed by atoms with Crippen LogP contribution in [0.3, 0.4) is 0 Å². The molecule has 0 bridgehead atoms. The predicted molar refractivity (Wildman–Crippen MR) is 78.2 cm³/mol. The largest absolute Gasteiger partial charge is 1.00 e. The van der Waals surface area contributed by atoms with Crippen LogP contribution < -0.4 is 40.0 Å². The topological polar surface area (TPSA) is 69.2 Å². The van der Waals surface area contributed by atoms with Gasteiger partial charge < -0.3 is 15.2 Å². The van der Waals surface area contributed by atoms with Crippen LogP contribution in [-0.4, -0.2) is 11.9 Å². The van der Waals surface area contributed by atoms with Crippen LogP contribution in [0.5, 0.6) is 0 Å². The van der Waals surface area contributed by atoms with E-state index < -0.39 is 11.9 Å². The first kappa shape index (κ1) is 19.2. The monoisotopic (exact) mass is 311 g/mol. The molecule has 2 rings (SSSR count). The summed E-state index contributed by atoms with van der Waals surface area (Å²) in [6.45, 7) is 3.97. The summed E-state index contributed by atoms with van der Waals surface area (Å²) in [4.78, 5) is 23.2. The smallest absolute Gasteiger partial charge is 0.550 e. The van der Waals surface area contributed by atoms with Gasteiger partial charge in [0.2, 0.25) is 5.91 Å². The zero-order valence-electron chi connectivity index (χ0n) is 13.6. The Morgan fingerprint density at radius 3 is 2.64 bits per heavy atom. The Bertz CT molecular complexity index is 530. The number of carboxylic acid groups (broad SMARTS) is 1. The number of nitrogens with one attached hydrogen (secondary N) is 1. The fourth-order valence-corrected chi connectivity index (χ4v) is 3.05. The molecule has 4 nitrogen and oxygen atoms in total. The van der Waals surface area contributed by atoms with E-state index in [4.69, 9.17) is 0 Å². The Kier molecular flexibility index (Phi) is 7.60. The molecule has 1 amide bonds. The summed E-state index contributed by atoms with van der Waals surface area (Å²) in [6.07, 6.45) is 2.19. The molecule has 2 unspecified atom stereocenters. The van der Waals surface area contributed by atoms with Gasteiger partial charge in [-0.15, -0.1) is 0 Å². The molecule has 1 aromatic carbocycles. The first-order valence-corrected chi connectivity index (χ1v) is 7.55. The van der Waals surface area contributed by atoms with Gasteiger partial charge in [-0.25, -0.2) is 0 Å². The van der Waals surface area contributed by atoms with E-state index >= 15 is 0 Å². The molecule has 1 aliphatic carbocycles. The molecule has 1 aromatic rings. The quantitative estimate of drug-likeness (QED) is 0.657. The minimum absolute atomic E-state index is 0. The number of carbonyl (C=O) groups excluding carboxylic acids is 2. The molecule has 1 N–H and O–H groups in total. The Labute approximate surface area is 154 Å². The number of benzene rings is 1. The Balaban J connectivity index is 0.00000242. The molecule has 0 aliphatic heterocycles. The number of hydrogen-bond donors (Lipinski definition) is 1. The second-order valence-electron chi connectivity index (χ2n) is 6.20. The summed E-state index contributed by atoms with van der Waals surface area (Å²) in [6, 6.07) is 8.08. The van der Waals surface area contributed by atoms with E-state index in [-0.39, 0.29) is 53.8 Å². The summed E-state index contributed by atoms with van der Waals surface area (Å²) >= 11 is 0. The second kappa shape index (κ2) is 8.70. The standard InChI is InChI=1S/C17H23NO3.Na/c1-11(2)9-13(10-16(19)20)17(21)18-15-8-7-12-5-3-4-6-14(12)15;/h3-6,11,13,15H,7-10H2,1-2H3,(H,18,21)(H,19,20);/q;+1/p-1. The molecule has 5 heteroatoms. The van der Waals surface area contributed by atoms with Gasteiger partial charge in [0.05, 0.1) is 6.04 Å². The van der Waals surface area contributed by atoms with Crippen LogP contribution in [0.15, 0.2) is 24.3 Å². The zero-order valence-corrected chi connectivity index (χ0v) is 15.6. The summed E-state index contributed by atoms with van der Waals surface area (Å²) < 4.78 is 0. The minimum Gasteiger partial charge on any atom is -0.550 e. The van der Waals surface area contributed by atoms with Crippen LogP contribution in [-0.2, 0) is 16.0 Å². The Morgan fingerprint density at radius 2 is 2.00 bits per heavy atom. The minimum atomic E-state index is -1.16. The van der Waals surface area contributed by atoms with Crippen LogP contribution in [0, 0.1) is 11.8 Å². The summed E-state index contributed by atoms with van der Waals surface area (Å²) in [5, 5.41) is 13.9. The van der Waals surface area contributed by atoms with E-state index in [1.807, 2.05) is 32.0 Å². The van der Waals surface area contributed by atoms with Crippen molar-refractivity contribution in [3.63, 3.8) is 0 Å². The molecule has 2 atom stereocenters. The third kappa shape index (κ3) is 5.11. The average Bonchev–Trinajstić information content (AvgIpc) is 2.80. The molecule has 0 aromatic heterocycles.